The van der Waals surface area contributed by atoms with Crippen LogP contribution < -0.4 is 5.56 Å². The summed E-state index contributed by atoms with van der Waals surface area (Å²) in [5.41, 5.74) is 0.0509. The molecule has 21 heavy (non-hydrogen) atoms. The lowest BCUT2D eigenvalue weighted by molar-refractivity contribution is 0.0196. The second-order valence-electron chi connectivity index (χ2n) is 6.54. The normalized spacial score (nSPS) is 19.4. The van der Waals surface area contributed by atoms with Gasteiger partial charge in [-0.1, -0.05) is 0 Å². The SMILES string of the molecule is Cc1cc(=O)[nH]c(C2CCCN(C(=O)OC(C)(C)C)C2)n1. The van der Waals surface area contributed by atoms with Crippen molar-refractivity contribution < 1.29 is 9.53 Å². The highest BCUT2D eigenvalue weighted by Crippen LogP contribution is 2.25. The molecule has 0 aromatic carbocycles. The Morgan fingerprint density at radius 1 is 1.48 bits per heavy atom. The van der Waals surface area contributed by atoms with Crippen molar-refractivity contribution in [3.05, 3.63) is 27.9 Å². The van der Waals surface area contributed by atoms with Crippen LogP contribution in [0.1, 0.15) is 51.0 Å². The van der Waals surface area contributed by atoms with Crippen molar-refractivity contribution in [2.45, 2.75) is 52.1 Å². The maximum absolute atomic E-state index is 12.1. The monoisotopic (exact) mass is 293 g/mol. The van der Waals surface area contributed by atoms with Crippen LogP contribution in [-0.2, 0) is 4.74 Å². The van der Waals surface area contributed by atoms with Gasteiger partial charge in [-0.15, -0.1) is 0 Å². The first-order valence-electron chi connectivity index (χ1n) is 7.30. The van der Waals surface area contributed by atoms with Crippen molar-refractivity contribution in [3.63, 3.8) is 0 Å². The third-order valence-electron chi connectivity index (χ3n) is 3.35. The molecule has 1 saturated heterocycles. The van der Waals surface area contributed by atoms with Crippen LogP contribution in [0.5, 0.6) is 0 Å². The number of carbonyl (C=O) groups excluding carboxylic acids is 1. The minimum Gasteiger partial charge on any atom is -0.444 e. The summed E-state index contributed by atoms with van der Waals surface area (Å²) >= 11 is 0. The summed E-state index contributed by atoms with van der Waals surface area (Å²) in [6.45, 7) is 8.57. The maximum atomic E-state index is 12.1. The van der Waals surface area contributed by atoms with Gasteiger partial charge < -0.3 is 14.6 Å². The summed E-state index contributed by atoms with van der Waals surface area (Å²) in [5.74, 6) is 0.715. The third kappa shape index (κ3) is 4.31. The fourth-order valence-electron chi connectivity index (χ4n) is 2.49. The van der Waals surface area contributed by atoms with E-state index >= 15 is 0 Å². The second-order valence-corrected chi connectivity index (χ2v) is 6.54. The van der Waals surface area contributed by atoms with Crippen molar-refractivity contribution in [2.24, 2.45) is 0 Å². The van der Waals surface area contributed by atoms with E-state index in [4.69, 9.17) is 4.74 Å². The van der Waals surface area contributed by atoms with Gasteiger partial charge in [-0.05, 0) is 40.5 Å². The fraction of sp³-hybridized carbons (Fsp3) is 0.667. The van der Waals surface area contributed by atoms with Gasteiger partial charge in [-0.25, -0.2) is 9.78 Å². The predicted molar refractivity (Wildman–Crippen MR) is 79.4 cm³/mol. The van der Waals surface area contributed by atoms with E-state index in [9.17, 15) is 9.59 Å². The molecule has 6 heteroatoms. The van der Waals surface area contributed by atoms with Crippen LogP contribution in [0.3, 0.4) is 0 Å². The van der Waals surface area contributed by atoms with E-state index in [-0.39, 0.29) is 17.6 Å². The summed E-state index contributed by atoms with van der Waals surface area (Å²) in [7, 11) is 0. The van der Waals surface area contributed by atoms with E-state index in [2.05, 4.69) is 9.97 Å². The van der Waals surface area contributed by atoms with E-state index < -0.39 is 5.60 Å². The minimum absolute atomic E-state index is 0.0545. The van der Waals surface area contributed by atoms with Gasteiger partial charge in [0, 0.05) is 30.8 Å². The number of carbonyl (C=O) groups is 1. The Morgan fingerprint density at radius 3 is 2.81 bits per heavy atom. The minimum atomic E-state index is -0.500. The number of rotatable bonds is 1. The maximum Gasteiger partial charge on any atom is 0.410 e. The number of ether oxygens (including phenoxy) is 1. The van der Waals surface area contributed by atoms with Gasteiger partial charge >= 0.3 is 6.09 Å². The largest absolute Gasteiger partial charge is 0.444 e. The number of nitrogens with one attached hydrogen (secondary N) is 1. The van der Waals surface area contributed by atoms with E-state index in [0.717, 1.165) is 12.8 Å². The van der Waals surface area contributed by atoms with E-state index in [1.165, 1.54) is 6.07 Å². The van der Waals surface area contributed by atoms with Crippen molar-refractivity contribution >= 4 is 6.09 Å². The Kier molecular flexibility index (Phi) is 4.34. The third-order valence-corrected chi connectivity index (χ3v) is 3.35. The molecule has 6 nitrogen and oxygen atoms in total. The van der Waals surface area contributed by atoms with Crippen LogP contribution >= 0.6 is 0 Å². The van der Waals surface area contributed by atoms with Gasteiger partial charge in [-0.3, -0.25) is 4.79 Å². The van der Waals surface area contributed by atoms with Crippen molar-refractivity contribution in [1.82, 2.24) is 14.9 Å². The number of hydrogen-bond acceptors (Lipinski definition) is 4. The van der Waals surface area contributed by atoms with Crippen LogP contribution in [0.15, 0.2) is 10.9 Å². The Morgan fingerprint density at radius 2 is 2.19 bits per heavy atom. The Labute approximate surface area is 124 Å². The summed E-state index contributed by atoms with van der Waals surface area (Å²) in [4.78, 5) is 32.6. The zero-order chi connectivity index (χ0) is 15.6. The van der Waals surface area contributed by atoms with Gasteiger partial charge in [0.1, 0.15) is 11.4 Å². The van der Waals surface area contributed by atoms with E-state index in [1.54, 1.807) is 11.8 Å². The van der Waals surface area contributed by atoms with Gasteiger partial charge in [0.2, 0.25) is 0 Å². The van der Waals surface area contributed by atoms with Gasteiger partial charge in [-0.2, -0.15) is 0 Å². The molecule has 0 aliphatic carbocycles. The topological polar surface area (TPSA) is 75.3 Å². The standard InChI is InChI=1S/C15H23N3O3/c1-10-8-12(19)17-13(16-10)11-6-5-7-18(9-11)14(20)21-15(2,3)4/h8,11H,5-7,9H2,1-4H3,(H,16,17,19). The molecule has 1 amide bonds. The van der Waals surface area contributed by atoms with Crippen molar-refractivity contribution in [3.8, 4) is 0 Å². The van der Waals surface area contributed by atoms with Crippen LogP contribution in [0, 0.1) is 6.92 Å². The molecule has 0 bridgehead atoms. The number of piperidine rings is 1. The molecule has 1 aliphatic heterocycles. The molecular weight excluding hydrogens is 270 g/mol. The Hall–Kier alpha value is -1.85. The summed E-state index contributed by atoms with van der Waals surface area (Å²) in [6.07, 6.45) is 1.48. The molecule has 0 radical (unpaired) electrons. The van der Waals surface area contributed by atoms with Crippen molar-refractivity contribution in [1.29, 1.82) is 0 Å². The average molecular weight is 293 g/mol. The second kappa shape index (κ2) is 5.87. The van der Waals surface area contributed by atoms with Crippen molar-refractivity contribution in [2.75, 3.05) is 13.1 Å². The molecule has 1 fully saturated rings. The van der Waals surface area contributed by atoms with Gasteiger partial charge in [0.15, 0.2) is 0 Å². The number of aromatic amines is 1. The van der Waals surface area contributed by atoms with Gasteiger partial charge in [0.25, 0.3) is 5.56 Å². The summed E-state index contributed by atoms with van der Waals surface area (Å²) in [6, 6.07) is 1.47. The zero-order valence-corrected chi connectivity index (χ0v) is 13.1. The first-order chi connectivity index (χ1) is 9.74. The summed E-state index contributed by atoms with van der Waals surface area (Å²) in [5, 5.41) is 0. The van der Waals surface area contributed by atoms with Crippen LogP contribution in [-0.4, -0.2) is 39.7 Å². The molecule has 1 aromatic rings. The molecule has 0 saturated carbocycles. The molecule has 1 aromatic heterocycles. The number of amides is 1. The number of likely N-dealkylation sites (tertiary alicyclic amines) is 1. The molecule has 1 N–H and O–H groups in total. The number of aromatic nitrogens is 2. The molecule has 2 rings (SSSR count). The first kappa shape index (κ1) is 15.5. The molecule has 1 atom stereocenters. The number of aryl methyl sites for hydroxylation is 1. The predicted octanol–water partition coefficient (Wildman–Crippen LogP) is 2.19. The lowest BCUT2D eigenvalue weighted by Gasteiger charge is -2.33. The Bertz CT molecular complexity index is 574. The Balaban J connectivity index is 2.10. The molecule has 0 spiro atoms. The van der Waals surface area contributed by atoms with Gasteiger partial charge in [0.05, 0.1) is 0 Å². The molecule has 116 valence electrons. The number of H-pyrrole nitrogens is 1. The zero-order valence-electron chi connectivity index (χ0n) is 13.1. The van der Waals surface area contributed by atoms with Crippen LogP contribution in [0.25, 0.3) is 0 Å². The lowest BCUT2D eigenvalue weighted by atomic mass is 9.97. The molecule has 1 aliphatic rings. The van der Waals surface area contributed by atoms with Crippen LogP contribution in [0.2, 0.25) is 0 Å². The average Bonchev–Trinajstić information content (AvgIpc) is 2.36. The molecule has 2 heterocycles. The fourth-order valence-corrected chi connectivity index (χ4v) is 2.49. The van der Waals surface area contributed by atoms with E-state index in [0.29, 0.717) is 24.6 Å². The number of nitrogens with zero attached hydrogens (tertiary/aromatic N) is 2. The number of hydrogen-bond donors (Lipinski definition) is 1. The lowest BCUT2D eigenvalue weighted by Crippen LogP contribution is -2.42. The molecule has 1 unspecified atom stereocenters. The van der Waals surface area contributed by atoms with Crippen LogP contribution in [0.4, 0.5) is 4.79 Å². The first-order valence-corrected chi connectivity index (χ1v) is 7.30. The smallest absolute Gasteiger partial charge is 0.410 e. The highest BCUT2D eigenvalue weighted by molar-refractivity contribution is 5.68. The van der Waals surface area contributed by atoms with E-state index in [1.807, 2.05) is 20.8 Å². The molecular formula is C15H23N3O3. The quantitative estimate of drug-likeness (QED) is 0.861. The highest BCUT2D eigenvalue weighted by atomic mass is 16.6. The summed E-state index contributed by atoms with van der Waals surface area (Å²) < 4.78 is 5.40. The highest BCUT2D eigenvalue weighted by Gasteiger charge is 2.29.